The zero-order valence-corrected chi connectivity index (χ0v) is 15.1. The standard InChI is InChI=1S/C12H11F13O4S/c1-6(26)29-3-5-30(27,28)4-2-7(13,14)8(15,16)9(17,18)10(19,20)11(21,22)12(23,24)25/h2-5H2,1H3. The molecule has 0 N–H and O–H groups in total. The lowest BCUT2D eigenvalue weighted by Gasteiger charge is -2.39. The summed E-state index contributed by atoms with van der Waals surface area (Å²) < 4.78 is 194. The van der Waals surface area contributed by atoms with Crippen LogP contribution in [0.4, 0.5) is 57.1 Å². The lowest BCUT2D eigenvalue weighted by atomic mass is 9.93. The van der Waals surface area contributed by atoms with Gasteiger partial charge in [-0.15, -0.1) is 0 Å². The summed E-state index contributed by atoms with van der Waals surface area (Å²) >= 11 is 0. The van der Waals surface area contributed by atoms with Crippen LogP contribution in [0.2, 0.25) is 0 Å². The smallest absolute Gasteiger partial charge is 0.460 e. The fourth-order valence-corrected chi connectivity index (χ4v) is 2.77. The predicted molar refractivity (Wildman–Crippen MR) is 70.7 cm³/mol. The van der Waals surface area contributed by atoms with Crippen molar-refractivity contribution in [2.75, 3.05) is 18.1 Å². The fourth-order valence-electron chi connectivity index (χ4n) is 1.66. The van der Waals surface area contributed by atoms with Crippen molar-refractivity contribution < 1.29 is 75.0 Å². The molecule has 0 aromatic heterocycles. The third-order valence-electron chi connectivity index (χ3n) is 3.43. The highest BCUT2D eigenvalue weighted by Crippen LogP contribution is 2.60. The molecule has 0 aliphatic carbocycles. The van der Waals surface area contributed by atoms with Crippen molar-refractivity contribution in [1.82, 2.24) is 0 Å². The van der Waals surface area contributed by atoms with Crippen molar-refractivity contribution in [1.29, 1.82) is 0 Å². The molecule has 0 aromatic rings. The number of esters is 1. The molecule has 0 amide bonds. The molecule has 180 valence electrons. The maximum absolute atomic E-state index is 13.5. The van der Waals surface area contributed by atoms with Crippen LogP contribution in [-0.4, -0.2) is 68.3 Å². The summed E-state index contributed by atoms with van der Waals surface area (Å²) in [4.78, 5) is 10.4. The quantitative estimate of drug-likeness (QED) is 0.337. The predicted octanol–water partition coefficient (Wildman–Crippen LogP) is 4.09. The highest BCUT2D eigenvalue weighted by Gasteiger charge is 2.90. The molecule has 18 heteroatoms. The summed E-state index contributed by atoms with van der Waals surface area (Å²) in [5, 5.41) is 0. The average Bonchev–Trinajstić information content (AvgIpc) is 2.50. The van der Waals surface area contributed by atoms with Crippen molar-refractivity contribution in [3.05, 3.63) is 0 Å². The number of carbonyl (C=O) groups is 1. The van der Waals surface area contributed by atoms with Gasteiger partial charge in [0, 0.05) is 13.3 Å². The molecule has 0 rings (SSSR count). The highest BCUT2D eigenvalue weighted by atomic mass is 32.2. The Kier molecular flexibility index (Phi) is 7.81. The van der Waals surface area contributed by atoms with E-state index in [2.05, 4.69) is 4.74 Å². The van der Waals surface area contributed by atoms with E-state index in [9.17, 15) is 70.3 Å². The minimum absolute atomic E-state index is 0.778. The number of halogens is 13. The monoisotopic (exact) mass is 498 g/mol. The van der Waals surface area contributed by atoms with Gasteiger partial charge >= 0.3 is 41.8 Å². The Morgan fingerprint density at radius 1 is 0.700 bits per heavy atom. The number of carbonyl (C=O) groups excluding carboxylic acids is 1. The number of ether oxygens (including phenoxy) is 1. The van der Waals surface area contributed by atoms with Crippen molar-refractivity contribution in [3.63, 3.8) is 0 Å². The number of hydrogen-bond donors (Lipinski definition) is 0. The molecule has 0 bridgehead atoms. The molecule has 0 unspecified atom stereocenters. The van der Waals surface area contributed by atoms with Crippen LogP contribution in [0.1, 0.15) is 13.3 Å². The second-order valence-corrected chi connectivity index (χ2v) is 8.05. The van der Waals surface area contributed by atoms with Gasteiger partial charge in [-0.05, 0) is 0 Å². The highest BCUT2D eigenvalue weighted by molar-refractivity contribution is 7.91. The molecule has 0 spiro atoms. The maximum atomic E-state index is 13.5. The minimum atomic E-state index is -8.04. The first-order chi connectivity index (χ1) is 12.9. The van der Waals surface area contributed by atoms with Gasteiger partial charge in [-0.2, -0.15) is 57.1 Å². The molecule has 0 atom stereocenters. The second-order valence-electron chi connectivity index (χ2n) is 5.74. The Morgan fingerprint density at radius 3 is 1.47 bits per heavy atom. The maximum Gasteiger partial charge on any atom is 0.460 e. The van der Waals surface area contributed by atoms with Crippen LogP contribution in [0.15, 0.2) is 0 Å². The minimum Gasteiger partial charge on any atom is -0.465 e. The van der Waals surface area contributed by atoms with Crippen molar-refractivity contribution >= 4 is 15.8 Å². The third kappa shape index (κ3) is 5.22. The van der Waals surface area contributed by atoms with E-state index in [1.165, 1.54) is 0 Å². The summed E-state index contributed by atoms with van der Waals surface area (Å²) in [5.41, 5.74) is 0. The molecule has 4 nitrogen and oxygen atoms in total. The van der Waals surface area contributed by atoms with Gasteiger partial charge in [0.15, 0.2) is 9.84 Å². The first kappa shape index (κ1) is 28.5. The molecule has 0 aliphatic heterocycles. The van der Waals surface area contributed by atoms with Gasteiger partial charge in [0.1, 0.15) is 6.61 Å². The molecular formula is C12H11F13O4S. The molecule has 0 saturated carbocycles. The third-order valence-corrected chi connectivity index (χ3v) is 5.04. The molecule has 0 aromatic carbocycles. The molecule has 0 saturated heterocycles. The zero-order chi connectivity index (χ0) is 24.6. The summed E-state index contributed by atoms with van der Waals surface area (Å²) in [5.74, 6) is -42.3. The van der Waals surface area contributed by atoms with E-state index in [-0.39, 0.29) is 0 Å². The Morgan fingerprint density at radius 2 is 1.10 bits per heavy atom. The van der Waals surface area contributed by atoms with E-state index in [0.717, 1.165) is 6.92 Å². The van der Waals surface area contributed by atoms with Gasteiger partial charge in [-0.1, -0.05) is 0 Å². The number of sulfone groups is 1. The lowest BCUT2D eigenvalue weighted by Crippen LogP contribution is -2.70. The average molecular weight is 498 g/mol. The van der Waals surface area contributed by atoms with Gasteiger partial charge in [-0.25, -0.2) is 8.42 Å². The van der Waals surface area contributed by atoms with E-state index in [1.807, 2.05) is 0 Å². The van der Waals surface area contributed by atoms with E-state index >= 15 is 0 Å². The SMILES string of the molecule is CC(=O)OCCS(=O)(=O)CCC(F)(F)C(F)(F)C(F)(F)C(F)(F)C(F)(F)C(F)(F)F. The Balaban J connectivity index is 5.78. The molecule has 0 fully saturated rings. The first-order valence-electron chi connectivity index (χ1n) is 7.17. The van der Waals surface area contributed by atoms with Crippen molar-refractivity contribution in [3.8, 4) is 0 Å². The van der Waals surface area contributed by atoms with Crippen molar-refractivity contribution in [2.45, 2.75) is 49.1 Å². The van der Waals surface area contributed by atoms with Gasteiger partial charge in [0.2, 0.25) is 0 Å². The molecule has 0 aliphatic rings. The summed E-state index contributed by atoms with van der Waals surface area (Å²) in [7, 11) is -4.85. The summed E-state index contributed by atoms with van der Waals surface area (Å²) in [6.07, 6.45) is -10.4. The zero-order valence-electron chi connectivity index (χ0n) is 14.3. The van der Waals surface area contributed by atoms with Crippen molar-refractivity contribution in [2.24, 2.45) is 0 Å². The van der Waals surface area contributed by atoms with Crippen LogP contribution in [0.5, 0.6) is 0 Å². The Labute approximate surface area is 159 Å². The van der Waals surface area contributed by atoms with Crippen LogP contribution in [0, 0.1) is 0 Å². The van der Waals surface area contributed by atoms with Gasteiger partial charge in [0.25, 0.3) is 0 Å². The van der Waals surface area contributed by atoms with E-state index in [1.54, 1.807) is 0 Å². The van der Waals surface area contributed by atoms with E-state index in [4.69, 9.17) is 0 Å². The molecule has 30 heavy (non-hydrogen) atoms. The Bertz CT molecular complexity index is 727. The molecule has 0 radical (unpaired) electrons. The van der Waals surface area contributed by atoms with Crippen LogP contribution >= 0.6 is 0 Å². The normalized spacial score (nSPS) is 15.3. The molecular weight excluding hydrogens is 487 g/mol. The van der Waals surface area contributed by atoms with Crippen LogP contribution in [0.3, 0.4) is 0 Å². The van der Waals surface area contributed by atoms with Gasteiger partial charge in [-0.3, -0.25) is 4.79 Å². The van der Waals surface area contributed by atoms with E-state index in [0.29, 0.717) is 0 Å². The topological polar surface area (TPSA) is 60.4 Å². The van der Waals surface area contributed by atoms with Crippen LogP contribution in [0.25, 0.3) is 0 Å². The summed E-state index contributed by atoms with van der Waals surface area (Å²) in [6, 6.07) is 0. The largest absolute Gasteiger partial charge is 0.465 e. The van der Waals surface area contributed by atoms with Gasteiger partial charge < -0.3 is 4.74 Å². The summed E-state index contributed by atoms with van der Waals surface area (Å²) in [6.45, 7) is -0.216. The fraction of sp³-hybridized carbons (Fsp3) is 0.917. The van der Waals surface area contributed by atoms with Gasteiger partial charge in [0.05, 0.1) is 11.5 Å². The molecule has 0 heterocycles. The number of rotatable bonds is 10. The first-order valence-corrected chi connectivity index (χ1v) is 8.99. The number of alkyl halides is 13. The van der Waals surface area contributed by atoms with Crippen LogP contribution in [-0.2, 0) is 19.4 Å². The lowest BCUT2D eigenvalue weighted by molar-refractivity contribution is -0.439. The van der Waals surface area contributed by atoms with Crippen LogP contribution < -0.4 is 0 Å². The number of hydrogen-bond acceptors (Lipinski definition) is 4. The Hall–Kier alpha value is -1.49. The van der Waals surface area contributed by atoms with E-state index < -0.39 is 76.1 Å². The second kappa shape index (κ2) is 8.22.